The molecule has 94 valence electrons. The Balaban J connectivity index is 1.96. The molecule has 3 heteroatoms. The SMILES string of the molecule is CCNC(=O)OCCCCCc1ccccc1. The number of benzene rings is 1. The van der Waals surface area contributed by atoms with E-state index in [1.165, 1.54) is 5.56 Å². The summed E-state index contributed by atoms with van der Waals surface area (Å²) in [6.07, 6.45) is 3.96. The van der Waals surface area contributed by atoms with Gasteiger partial charge < -0.3 is 10.1 Å². The first-order valence-electron chi connectivity index (χ1n) is 6.27. The molecule has 1 aromatic carbocycles. The molecule has 1 amide bonds. The van der Waals surface area contributed by atoms with E-state index in [1.807, 2.05) is 13.0 Å². The van der Waals surface area contributed by atoms with Crippen LogP contribution in [0.5, 0.6) is 0 Å². The summed E-state index contributed by atoms with van der Waals surface area (Å²) in [5.41, 5.74) is 1.37. The average Bonchev–Trinajstić information content (AvgIpc) is 2.35. The van der Waals surface area contributed by atoms with E-state index in [2.05, 4.69) is 29.6 Å². The summed E-state index contributed by atoms with van der Waals surface area (Å²) in [7, 11) is 0. The van der Waals surface area contributed by atoms with E-state index < -0.39 is 0 Å². The zero-order valence-corrected chi connectivity index (χ0v) is 10.4. The lowest BCUT2D eigenvalue weighted by molar-refractivity contribution is 0.144. The molecule has 0 saturated heterocycles. The van der Waals surface area contributed by atoms with E-state index in [0.717, 1.165) is 25.7 Å². The monoisotopic (exact) mass is 235 g/mol. The molecule has 1 aromatic rings. The summed E-state index contributed by atoms with van der Waals surface area (Å²) in [5, 5.41) is 2.60. The molecular weight excluding hydrogens is 214 g/mol. The fraction of sp³-hybridized carbons (Fsp3) is 0.500. The van der Waals surface area contributed by atoms with Crippen LogP contribution in [0.25, 0.3) is 0 Å². The summed E-state index contributed by atoms with van der Waals surface area (Å²) < 4.78 is 4.98. The highest BCUT2D eigenvalue weighted by Gasteiger charge is 1.98. The summed E-state index contributed by atoms with van der Waals surface area (Å²) in [6, 6.07) is 10.4. The summed E-state index contributed by atoms with van der Waals surface area (Å²) in [6.45, 7) is 3.01. The maximum absolute atomic E-state index is 11.0. The van der Waals surface area contributed by atoms with Crippen LogP contribution < -0.4 is 5.32 Å². The topological polar surface area (TPSA) is 38.3 Å². The highest BCUT2D eigenvalue weighted by atomic mass is 16.5. The number of carbonyl (C=O) groups excluding carboxylic acids is 1. The number of ether oxygens (including phenoxy) is 1. The Morgan fingerprint density at radius 2 is 1.94 bits per heavy atom. The van der Waals surface area contributed by atoms with Crippen LogP contribution in [0.3, 0.4) is 0 Å². The third-order valence-electron chi connectivity index (χ3n) is 2.51. The number of nitrogens with one attached hydrogen (secondary N) is 1. The van der Waals surface area contributed by atoms with Crippen LogP contribution in [0.1, 0.15) is 31.7 Å². The van der Waals surface area contributed by atoms with Crippen LogP contribution in [0.4, 0.5) is 4.79 Å². The lowest BCUT2D eigenvalue weighted by Crippen LogP contribution is -2.23. The van der Waals surface area contributed by atoms with E-state index in [-0.39, 0.29) is 6.09 Å². The number of hydrogen-bond acceptors (Lipinski definition) is 2. The zero-order valence-electron chi connectivity index (χ0n) is 10.4. The molecule has 1 N–H and O–H groups in total. The van der Waals surface area contributed by atoms with Crippen LogP contribution in [0, 0.1) is 0 Å². The molecule has 0 spiro atoms. The molecule has 0 heterocycles. The van der Waals surface area contributed by atoms with Crippen LogP contribution in [-0.2, 0) is 11.2 Å². The molecule has 3 nitrogen and oxygen atoms in total. The van der Waals surface area contributed by atoms with Gasteiger partial charge in [0.05, 0.1) is 6.61 Å². The number of rotatable bonds is 7. The van der Waals surface area contributed by atoms with Gasteiger partial charge in [-0.1, -0.05) is 30.3 Å². The standard InChI is InChI=1S/C14H21NO2/c1-2-15-14(16)17-12-8-4-7-11-13-9-5-3-6-10-13/h3,5-6,9-10H,2,4,7-8,11-12H2,1H3,(H,15,16). The third-order valence-corrected chi connectivity index (χ3v) is 2.51. The molecule has 0 bridgehead atoms. The Morgan fingerprint density at radius 1 is 1.18 bits per heavy atom. The Kier molecular flexibility index (Phi) is 6.87. The molecular formula is C14H21NO2. The third kappa shape index (κ3) is 6.61. The van der Waals surface area contributed by atoms with Crippen molar-refractivity contribution in [1.82, 2.24) is 5.32 Å². The number of carbonyl (C=O) groups is 1. The van der Waals surface area contributed by atoms with Crippen LogP contribution in [-0.4, -0.2) is 19.2 Å². The molecule has 0 atom stereocenters. The predicted octanol–water partition coefficient (Wildman–Crippen LogP) is 3.15. The van der Waals surface area contributed by atoms with E-state index >= 15 is 0 Å². The quantitative estimate of drug-likeness (QED) is 0.737. The van der Waals surface area contributed by atoms with Crippen molar-refractivity contribution in [2.45, 2.75) is 32.6 Å². The van der Waals surface area contributed by atoms with Crippen molar-refractivity contribution in [2.24, 2.45) is 0 Å². The number of hydrogen-bond donors (Lipinski definition) is 1. The number of aryl methyl sites for hydroxylation is 1. The first kappa shape index (κ1) is 13.6. The second-order valence-electron chi connectivity index (χ2n) is 3.96. The highest BCUT2D eigenvalue weighted by Crippen LogP contribution is 2.06. The van der Waals surface area contributed by atoms with Crippen molar-refractivity contribution in [3.05, 3.63) is 35.9 Å². The Labute approximate surface area is 103 Å². The van der Waals surface area contributed by atoms with Gasteiger partial charge in [0.15, 0.2) is 0 Å². The minimum Gasteiger partial charge on any atom is -0.450 e. The number of unbranched alkanes of at least 4 members (excludes halogenated alkanes) is 2. The van der Waals surface area contributed by atoms with Gasteiger partial charge in [-0.25, -0.2) is 4.79 Å². The van der Waals surface area contributed by atoms with Crippen molar-refractivity contribution in [3.63, 3.8) is 0 Å². The molecule has 0 saturated carbocycles. The first-order valence-corrected chi connectivity index (χ1v) is 6.27. The van der Waals surface area contributed by atoms with Gasteiger partial charge in [-0.15, -0.1) is 0 Å². The lowest BCUT2D eigenvalue weighted by Gasteiger charge is -2.05. The minimum atomic E-state index is -0.310. The van der Waals surface area contributed by atoms with Gasteiger partial charge >= 0.3 is 6.09 Å². The Morgan fingerprint density at radius 3 is 2.65 bits per heavy atom. The van der Waals surface area contributed by atoms with Crippen LogP contribution in [0.2, 0.25) is 0 Å². The smallest absolute Gasteiger partial charge is 0.407 e. The van der Waals surface area contributed by atoms with E-state index in [0.29, 0.717) is 13.2 Å². The second kappa shape index (κ2) is 8.62. The van der Waals surface area contributed by atoms with Gasteiger partial charge in [-0.05, 0) is 38.2 Å². The molecule has 0 fully saturated rings. The normalized spacial score (nSPS) is 9.94. The predicted molar refractivity (Wildman–Crippen MR) is 69.0 cm³/mol. The number of amides is 1. The van der Waals surface area contributed by atoms with Crippen molar-refractivity contribution in [3.8, 4) is 0 Å². The fourth-order valence-corrected chi connectivity index (χ4v) is 1.61. The number of alkyl carbamates (subject to hydrolysis) is 1. The summed E-state index contributed by atoms with van der Waals surface area (Å²) in [5.74, 6) is 0. The van der Waals surface area contributed by atoms with Gasteiger partial charge in [0.25, 0.3) is 0 Å². The molecule has 0 aliphatic rings. The molecule has 17 heavy (non-hydrogen) atoms. The van der Waals surface area contributed by atoms with Crippen LogP contribution in [0.15, 0.2) is 30.3 Å². The molecule has 0 aliphatic carbocycles. The average molecular weight is 235 g/mol. The first-order chi connectivity index (χ1) is 8.33. The zero-order chi connectivity index (χ0) is 12.3. The van der Waals surface area contributed by atoms with Crippen LogP contribution >= 0.6 is 0 Å². The van der Waals surface area contributed by atoms with Gasteiger partial charge in [0.1, 0.15) is 0 Å². The fourth-order valence-electron chi connectivity index (χ4n) is 1.61. The Hall–Kier alpha value is -1.51. The van der Waals surface area contributed by atoms with Crippen molar-refractivity contribution in [1.29, 1.82) is 0 Å². The molecule has 0 unspecified atom stereocenters. The van der Waals surface area contributed by atoms with E-state index in [1.54, 1.807) is 0 Å². The Bertz CT molecular complexity index is 311. The van der Waals surface area contributed by atoms with Gasteiger partial charge in [-0.3, -0.25) is 0 Å². The lowest BCUT2D eigenvalue weighted by atomic mass is 10.1. The van der Waals surface area contributed by atoms with Gasteiger partial charge in [0.2, 0.25) is 0 Å². The summed E-state index contributed by atoms with van der Waals surface area (Å²) in [4.78, 5) is 11.0. The molecule has 1 rings (SSSR count). The maximum atomic E-state index is 11.0. The summed E-state index contributed by atoms with van der Waals surface area (Å²) >= 11 is 0. The van der Waals surface area contributed by atoms with Crippen molar-refractivity contribution in [2.75, 3.05) is 13.2 Å². The van der Waals surface area contributed by atoms with Crippen molar-refractivity contribution < 1.29 is 9.53 Å². The molecule has 0 aliphatic heterocycles. The highest BCUT2D eigenvalue weighted by molar-refractivity contribution is 5.66. The van der Waals surface area contributed by atoms with Gasteiger partial charge in [0, 0.05) is 6.54 Å². The largest absolute Gasteiger partial charge is 0.450 e. The second-order valence-corrected chi connectivity index (χ2v) is 3.96. The van der Waals surface area contributed by atoms with E-state index in [4.69, 9.17) is 4.74 Å². The molecule has 0 aromatic heterocycles. The maximum Gasteiger partial charge on any atom is 0.407 e. The van der Waals surface area contributed by atoms with Crippen molar-refractivity contribution >= 4 is 6.09 Å². The van der Waals surface area contributed by atoms with E-state index in [9.17, 15) is 4.79 Å². The minimum absolute atomic E-state index is 0.310. The van der Waals surface area contributed by atoms with Gasteiger partial charge in [-0.2, -0.15) is 0 Å². The molecule has 0 radical (unpaired) electrons.